The van der Waals surface area contributed by atoms with E-state index in [0.29, 0.717) is 29.8 Å². The first-order valence-corrected chi connectivity index (χ1v) is 12.3. The molecule has 5 rings (SSSR count). The molecule has 0 spiro atoms. The molecule has 3 aromatic rings. The fourth-order valence-corrected chi connectivity index (χ4v) is 5.28. The number of hydrogen-bond acceptors (Lipinski definition) is 6. The molecular formula is C30H27NO6. The monoisotopic (exact) mass is 497 g/mol. The predicted octanol–water partition coefficient (Wildman–Crippen LogP) is 4.81. The van der Waals surface area contributed by atoms with Crippen LogP contribution >= 0.6 is 0 Å². The van der Waals surface area contributed by atoms with Gasteiger partial charge in [-0.2, -0.15) is 0 Å². The molecule has 0 unspecified atom stereocenters. The Morgan fingerprint density at radius 1 is 0.811 bits per heavy atom. The molecule has 188 valence electrons. The van der Waals surface area contributed by atoms with Crippen molar-refractivity contribution in [3.05, 3.63) is 95.6 Å². The number of nitrogens with zero attached hydrogens (tertiary/aromatic N) is 1. The highest BCUT2D eigenvalue weighted by atomic mass is 16.5. The van der Waals surface area contributed by atoms with Crippen molar-refractivity contribution in [2.24, 2.45) is 11.8 Å². The number of Topliss-reactive ketones (excluding diaryl/α,β-unsaturated/α-hetero) is 1. The molecule has 1 aliphatic heterocycles. The van der Waals surface area contributed by atoms with E-state index in [1.54, 1.807) is 36.4 Å². The van der Waals surface area contributed by atoms with Crippen molar-refractivity contribution in [1.82, 2.24) is 0 Å². The zero-order valence-electron chi connectivity index (χ0n) is 20.5. The normalized spacial score (nSPS) is 20.9. The van der Waals surface area contributed by atoms with Gasteiger partial charge in [0.05, 0.1) is 30.2 Å². The molecule has 7 heteroatoms. The van der Waals surface area contributed by atoms with Gasteiger partial charge in [0.1, 0.15) is 5.75 Å². The highest BCUT2D eigenvalue weighted by Crippen LogP contribution is 2.45. The van der Waals surface area contributed by atoms with E-state index >= 15 is 0 Å². The van der Waals surface area contributed by atoms with Gasteiger partial charge in [-0.1, -0.05) is 30.3 Å². The van der Waals surface area contributed by atoms with Crippen LogP contribution in [0.3, 0.4) is 0 Å². The standard InChI is InChI=1S/C30H27NO6/c1-36-24-14-9-20(10-15-24)27(32)18-37-30(35)21-7-12-23(13-8-21)31-28(33)25-16-11-22(17-26(25)29(31)34)19-5-3-2-4-6-19/h2-10,12-15,22,25-26H,11,16-18H2,1H3/t22-,25-,26+/m1/s1. The number of fused-ring (bicyclic) bond motifs is 1. The number of ketones is 1. The summed E-state index contributed by atoms with van der Waals surface area (Å²) in [5.74, 6) is -1.11. The molecule has 2 aliphatic rings. The van der Waals surface area contributed by atoms with Crippen molar-refractivity contribution in [1.29, 1.82) is 0 Å². The number of benzene rings is 3. The fraction of sp³-hybridized carbons (Fsp3) is 0.267. The van der Waals surface area contributed by atoms with Gasteiger partial charge in [-0.25, -0.2) is 4.79 Å². The molecule has 1 saturated carbocycles. The summed E-state index contributed by atoms with van der Waals surface area (Å²) >= 11 is 0. The number of carbonyl (C=O) groups is 4. The minimum absolute atomic E-state index is 0.179. The Hall–Kier alpha value is -4.26. The average Bonchev–Trinajstić information content (AvgIpc) is 3.21. The number of esters is 1. The minimum Gasteiger partial charge on any atom is -0.497 e. The minimum atomic E-state index is -0.660. The van der Waals surface area contributed by atoms with Crippen LogP contribution in [0.5, 0.6) is 5.75 Å². The number of methoxy groups -OCH3 is 1. The van der Waals surface area contributed by atoms with Crippen molar-refractivity contribution in [2.75, 3.05) is 18.6 Å². The van der Waals surface area contributed by atoms with Crippen molar-refractivity contribution >= 4 is 29.3 Å². The number of amides is 2. The Bertz CT molecular complexity index is 1320. The number of ether oxygens (including phenoxy) is 2. The van der Waals surface area contributed by atoms with Crippen LogP contribution in [0.1, 0.15) is 51.5 Å². The highest BCUT2D eigenvalue weighted by molar-refractivity contribution is 6.22. The zero-order chi connectivity index (χ0) is 25.9. The summed E-state index contributed by atoms with van der Waals surface area (Å²) in [7, 11) is 1.54. The largest absolute Gasteiger partial charge is 0.497 e. The molecule has 2 amide bonds. The molecule has 0 aromatic heterocycles. The van der Waals surface area contributed by atoms with Gasteiger partial charge in [-0.05, 0) is 79.3 Å². The smallest absolute Gasteiger partial charge is 0.338 e. The van der Waals surface area contributed by atoms with E-state index in [0.717, 1.165) is 6.42 Å². The summed E-state index contributed by atoms with van der Waals surface area (Å²) in [4.78, 5) is 52.4. The SMILES string of the molecule is COc1ccc(C(=O)COC(=O)c2ccc(N3C(=O)[C@H]4C[C@H](c5ccccc5)CC[C@H]4C3=O)cc2)cc1. The molecule has 2 fully saturated rings. The molecule has 3 aromatic carbocycles. The fourth-order valence-electron chi connectivity index (χ4n) is 5.28. The summed E-state index contributed by atoms with van der Waals surface area (Å²) in [5.41, 5.74) is 2.28. The van der Waals surface area contributed by atoms with Crippen molar-refractivity contribution in [3.63, 3.8) is 0 Å². The molecule has 0 bridgehead atoms. The lowest BCUT2D eigenvalue weighted by molar-refractivity contribution is -0.122. The van der Waals surface area contributed by atoms with E-state index in [9.17, 15) is 19.2 Å². The maximum Gasteiger partial charge on any atom is 0.338 e. The van der Waals surface area contributed by atoms with Crippen LogP contribution in [0.25, 0.3) is 0 Å². The summed E-state index contributed by atoms with van der Waals surface area (Å²) in [6.45, 7) is -0.401. The van der Waals surface area contributed by atoms with Gasteiger partial charge in [-0.15, -0.1) is 0 Å². The van der Waals surface area contributed by atoms with Gasteiger partial charge in [0.15, 0.2) is 12.4 Å². The van der Waals surface area contributed by atoms with Crippen LogP contribution in [-0.4, -0.2) is 37.3 Å². The van der Waals surface area contributed by atoms with Crippen LogP contribution < -0.4 is 9.64 Å². The summed E-state index contributed by atoms with van der Waals surface area (Å²) < 4.78 is 10.2. The van der Waals surface area contributed by atoms with Crippen molar-refractivity contribution in [2.45, 2.75) is 25.2 Å². The first-order chi connectivity index (χ1) is 18.0. The van der Waals surface area contributed by atoms with Crippen LogP contribution in [0.15, 0.2) is 78.9 Å². The Labute approximate surface area is 215 Å². The van der Waals surface area contributed by atoms with Gasteiger partial charge in [0, 0.05) is 5.56 Å². The molecule has 0 N–H and O–H groups in total. The van der Waals surface area contributed by atoms with E-state index in [2.05, 4.69) is 12.1 Å². The molecule has 7 nitrogen and oxygen atoms in total. The first-order valence-electron chi connectivity index (χ1n) is 12.3. The quantitative estimate of drug-likeness (QED) is 0.264. The van der Waals surface area contributed by atoms with E-state index in [4.69, 9.17) is 9.47 Å². The Balaban J connectivity index is 1.22. The molecule has 37 heavy (non-hydrogen) atoms. The lowest BCUT2D eigenvalue weighted by atomic mass is 9.73. The number of carbonyl (C=O) groups excluding carboxylic acids is 4. The zero-order valence-corrected chi connectivity index (χ0v) is 20.5. The number of rotatable bonds is 7. The van der Waals surface area contributed by atoms with Crippen LogP contribution in [-0.2, 0) is 14.3 Å². The van der Waals surface area contributed by atoms with Gasteiger partial charge in [0.2, 0.25) is 11.8 Å². The number of hydrogen-bond donors (Lipinski definition) is 0. The van der Waals surface area contributed by atoms with Crippen molar-refractivity contribution in [3.8, 4) is 5.75 Å². The molecule has 1 aliphatic carbocycles. The third-order valence-corrected chi connectivity index (χ3v) is 7.30. The lowest BCUT2D eigenvalue weighted by Gasteiger charge is -2.28. The molecular weight excluding hydrogens is 470 g/mol. The van der Waals surface area contributed by atoms with E-state index in [1.807, 2.05) is 18.2 Å². The van der Waals surface area contributed by atoms with E-state index < -0.39 is 12.6 Å². The number of imide groups is 1. The molecule has 3 atom stereocenters. The Morgan fingerprint density at radius 3 is 2.14 bits per heavy atom. The van der Waals surface area contributed by atoms with Gasteiger partial charge < -0.3 is 9.47 Å². The Kier molecular flexibility index (Phi) is 6.86. The molecule has 0 radical (unpaired) electrons. The molecule has 1 saturated heterocycles. The second-order valence-electron chi connectivity index (χ2n) is 9.42. The second kappa shape index (κ2) is 10.4. The van der Waals surface area contributed by atoms with E-state index in [-0.39, 0.29) is 40.9 Å². The predicted molar refractivity (Wildman–Crippen MR) is 137 cm³/mol. The maximum absolute atomic E-state index is 13.3. The van der Waals surface area contributed by atoms with Gasteiger partial charge >= 0.3 is 5.97 Å². The molecule has 1 heterocycles. The van der Waals surface area contributed by atoms with Crippen LogP contribution in [0.2, 0.25) is 0 Å². The first kappa shape index (κ1) is 24.4. The van der Waals surface area contributed by atoms with E-state index in [1.165, 1.54) is 29.7 Å². The highest BCUT2D eigenvalue weighted by Gasteiger charge is 2.50. The average molecular weight is 498 g/mol. The van der Waals surface area contributed by atoms with Crippen LogP contribution in [0.4, 0.5) is 5.69 Å². The Morgan fingerprint density at radius 2 is 1.46 bits per heavy atom. The summed E-state index contributed by atoms with van der Waals surface area (Å²) in [6.07, 6.45) is 2.21. The summed E-state index contributed by atoms with van der Waals surface area (Å²) in [5, 5.41) is 0. The number of anilines is 1. The maximum atomic E-state index is 13.3. The topological polar surface area (TPSA) is 90.0 Å². The lowest BCUT2D eigenvalue weighted by Crippen LogP contribution is -2.30. The van der Waals surface area contributed by atoms with Gasteiger partial charge in [0.25, 0.3) is 0 Å². The second-order valence-corrected chi connectivity index (χ2v) is 9.42. The van der Waals surface area contributed by atoms with Crippen molar-refractivity contribution < 1.29 is 28.7 Å². The third-order valence-electron chi connectivity index (χ3n) is 7.30. The third kappa shape index (κ3) is 4.89. The van der Waals surface area contributed by atoms with Gasteiger partial charge in [-0.3, -0.25) is 19.3 Å². The van der Waals surface area contributed by atoms with Crippen LogP contribution in [0, 0.1) is 11.8 Å². The summed E-state index contributed by atoms with van der Waals surface area (Å²) in [6, 6.07) is 22.8.